The van der Waals surface area contributed by atoms with Crippen LogP contribution in [0.1, 0.15) is 30.6 Å². The number of carbonyl (C=O) groups excluding carboxylic acids is 1. The highest BCUT2D eigenvalue weighted by atomic mass is 32.2. The van der Waals surface area contributed by atoms with Crippen molar-refractivity contribution in [2.75, 3.05) is 12.4 Å². The second-order valence-electron chi connectivity index (χ2n) is 3.87. The first-order valence-electron chi connectivity index (χ1n) is 5.55. The molecule has 88 valence electrons. The lowest BCUT2D eigenvalue weighted by Crippen LogP contribution is -2.05. The van der Waals surface area contributed by atoms with Gasteiger partial charge in [0.15, 0.2) is 5.78 Å². The van der Waals surface area contributed by atoms with Gasteiger partial charge in [-0.15, -0.1) is 11.8 Å². The molecule has 0 saturated carbocycles. The standard InChI is InChI=1S/C13H18O2S/c1-3-12(15)11-6-4-5-7-13(11)16-9-10(2)8-14/h4-7,10,14H,3,8-9H2,1-2H3. The third kappa shape index (κ3) is 3.65. The number of aliphatic hydroxyl groups excluding tert-OH is 1. The molecule has 16 heavy (non-hydrogen) atoms. The quantitative estimate of drug-likeness (QED) is 0.611. The van der Waals surface area contributed by atoms with Crippen molar-refractivity contribution >= 4 is 17.5 Å². The second-order valence-corrected chi connectivity index (χ2v) is 4.93. The number of aliphatic hydroxyl groups is 1. The average molecular weight is 238 g/mol. The van der Waals surface area contributed by atoms with E-state index < -0.39 is 0 Å². The van der Waals surface area contributed by atoms with Crippen molar-refractivity contribution in [1.29, 1.82) is 0 Å². The van der Waals surface area contributed by atoms with Crippen molar-refractivity contribution in [2.45, 2.75) is 25.2 Å². The third-order valence-corrected chi connectivity index (χ3v) is 3.75. The summed E-state index contributed by atoms with van der Waals surface area (Å²) in [7, 11) is 0. The van der Waals surface area contributed by atoms with E-state index in [-0.39, 0.29) is 18.3 Å². The predicted octanol–water partition coefficient (Wildman–Crippen LogP) is 3.00. The Morgan fingerprint density at radius 3 is 2.75 bits per heavy atom. The van der Waals surface area contributed by atoms with Crippen LogP contribution in [-0.4, -0.2) is 23.2 Å². The lowest BCUT2D eigenvalue weighted by molar-refractivity contribution is 0.0985. The molecule has 0 radical (unpaired) electrons. The molecule has 1 unspecified atom stereocenters. The van der Waals surface area contributed by atoms with Gasteiger partial charge in [0.25, 0.3) is 0 Å². The minimum atomic E-state index is 0.180. The van der Waals surface area contributed by atoms with Gasteiger partial charge in [-0.05, 0) is 12.0 Å². The van der Waals surface area contributed by atoms with Crippen molar-refractivity contribution in [2.24, 2.45) is 5.92 Å². The van der Waals surface area contributed by atoms with Gasteiger partial charge in [0, 0.05) is 29.2 Å². The number of benzene rings is 1. The van der Waals surface area contributed by atoms with Gasteiger partial charge in [-0.3, -0.25) is 4.79 Å². The fraction of sp³-hybridized carbons (Fsp3) is 0.462. The highest BCUT2D eigenvalue weighted by Gasteiger charge is 2.10. The lowest BCUT2D eigenvalue weighted by Gasteiger charge is -2.10. The Labute approximate surface area is 101 Å². The molecule has 0 heterocycles. The minimum absolute atomic E-state index is 0.180. The molecule has 1 N–H and O–H groups in total. The van der Waals surface area contributed by atoms with E-state index in [9.17, 15) is 4.79 Å². The number of thioether (sulfide) groups is 1. The van der Waals surface area contributed by atoms with Crippen LogP contribution in [0.2, 0.25) is 0 Å². The van der Waals surface area contributed by atoms with Gasteiger partial charge < -0.3 is 5.11 Å². The van der Waals surface area contributed by atoms with E-state index in [4.69, 9.17) is 5.11 Å². The Kier molecular flexibility index (Phi) is 5.56. The largest absolute Gasteiger partial charge is 0.396 e. The van der Waals surface area contributed by atoms with Gasteiger partial charge >= 0.3 is 0 Å². The molecule has 0 aromatic heterocycles. The van der Waals surface area contributed by atoms with E-state index in [1.807, 2.05) is 38.1 Å². The first-order chi connectivity index (χ1) is 7.69. The molecule has 1 aromatic carbocycles. The molecule has 0 aliphatic heterocycles. The predicted molar refractivity (Wildman–Crippen MR) is 68.0 cm³/mol. The molecule has 0 aliphatic rings. The molecule has 0 amide bonds. The van der Waals surface area contributed by atoms with Crippen LogP contribution in [0.5, 0.6) is 0 Å². The monoisotopic (exact) mass is 238 g/mol. The Morgan fingerprint density at radius 1 is 1.44 bits per heavy atom. The Hall–Kier alpha value is -0.800. The van der Waals surface area contributed by atoms with Crippen molar-refractivity contribution in [3.63, 3.8) is 0 Å². The Morgan fingerprint density at radius 2 is 2.12 bits per heavy atom. The lowest BCUT2D eigenvalue weighted by atomic mass is 10.1. The van der Waals surface area contributed by atoms with Crippen molar-refractivity contribution < 1.29 is 9.90 Å². The van der Waals surface area contributed by atoms with Crippen LogP contribution in [0.4, 0.5) is 0 Å². The number of ketones is 1. The average Bonchev–Trinajstić information content (AvgIpc) is 2.35. The third-order valence-electron chi connectivity index (χ3n) is 2.34. The van der Waals surface area contributed by atoms with Gasteiger partial charge in [0.1, 0.15) is 0 Å². The van der Waals surface area contributed by atoms with Crippen LogP contribution >= 0.6 is 11.8 Å². The number of rotatable bonds is 6. The van der Waals surface area contributed by atoms with Crippen LogP contribution in [0, 0.1) is 5.92 Å². The number of Topliss-reactive ketones (excluding diaryl/α,β-unsaturated/α-hetero) is 1. The van der Waals surface area contributed by atoms with E-state index in [1.54, 1.807) is 11.8 Å². The molecule has 2 nitrogen and oxygen atoms in total. The molecular formula is C13H18O2S. The first kappa shape index (κ1) is 13.3. The molecule has 0 spiro atoms. The van der Waals surface area contributed by atoms with Crippen molar-refractivity contribution in [3.05, 3.63) is 29.8 Å². The van der Waals surface area contributed by atoms with Gasteiger partial charge in [-0.25, -0.2) is 0 Å². The van der Waals surface area contributed by atoms with Crippen molar-refractivity contribution in [3.8, 4) is 0 Å². The smallest absolute Gasteiger partial charge is 0.163 e. The fourth-order valence-corrected chi connectivity index (χ4v) is 2.38. The topological polar surface area (TPSA) is 37.3 Å². The van der Waals surface area contributed by atoms with Gasteiger partial charge in [0.2, 0.25) is 0 Å². The number of carbonyl (C=O) groups is 1. The normalized spacial score (nSPS) is 12.4. The summed E-state index contributed by atoms with van der Waals surface area (Å²) in [6.45, 7) is 4.06. The number of hydrogen-bond acceptors (Lipinski definition) is 3. The van der Waals surface area contributed by atoms with Crippen molar-refractivity contribution in [1.82, 2.24) is 0 Å². The highest BCUT2D eigenvalue weighted by Crippen LogP contribution is 2.25. The maximum absolute atomic E-state index is 11.7. The summed E-state index contributed by atoms with van der Waals surface area (Å²) in [6.07, 6.45) is 0.535. The molecule has 1 rings (SSSR count). The molecule has 3 heteroatoms. The Balaban J connectivity index is 2.75. The second kappa shape index (κ2) is 6.71. The van der Waals surface area contributed by atoms with E-state index in [1.165, 1.54) is 0 Å². The SMILES string of the molecule is CCC(=O)c1ccccc1SCC(C)CO. The summed E-state index contributed by atoms with van der Waals surface area (Å²) >= 11 is 1.64. The summed E-state index contributed by atoms with van der Waals surface area (Å²) in [4.78, 5) is 12.7. The fourth-order valence-electron chi connectivity index (χ4n) is 1.30. The van der Waals surface area contributed by atoms with E-state index in [2.05, 4.69) is 0 Å². The van der Waals surface area contributed by atoms with E-state index in [0.29, 0.717) is 6.42 Å². The van der Waals surface area contributed by atoms with E-state index in [0.717, 1.165) is 16.2 Å². The molecular weight excluding hydrogens is 220 g/mol. The minimum Gasteiger partial charge on any atom is -0.396 e. The van der Waals surface area contributed by atoms with Crippen LogP contribution < -0.4 is 0 Å². The molecule has 0 fully saturated rings. The zero-order valence-corrected chi connectivity index (χ0v) is 10.6. The molecule has 0 saturated heterocycles. The zero-order valence-electron chi connectivity index (χ0n) is 9.77. The maximum atomic E-state index is 11.7. The van der Waals surface area contributed by atoms with Crippen LogP contribution in [0.3, 0.4) is 0 Å². The molecule has 1 aromatic rings. The summed E-state index contributed by atoms with van der Waals surface area (Å²) in [6, 6.07) is 7.68. The number of hydrogen-bond donors (Lipinski definition) is 1. The zero-order chi connectivity index (χ0) is 12.0. The van der Waals surface area contributed by atoms with Gasteiger partial charge in [0.05, 0.1) is 0 Å². The summed E-state index contributed by atoms with van der Waals surface area (Å²) in [5.41, 5.74) is 0.806. The molecule has 0 bridgehead atoms. The van der Waals surface area contributed by atoms with Crippen LogP contribution in [0.25, 0.3) is 0 Å². The first-order valence-corrected chi connectivity index (χ1v) is 6.53. The van der Waals surface area contributed by atoms with Gasteiger partial charge in [-0.2, -0.15) is 0 Å². The molecule has 0 aliphatic carbocycles. The van der Waals surface area contributed by atoms with Crippen LogP contribution in [-0.2, 0) is 0 Å². The summed E-state index contributed by atoms with van der Waals surface area (Å²) in [5.74, 6) is 1.28. The highest BCUT2D eigenvalue weighted by molar-refractivity contribution is 7.99. The van der Waals surface area contributed by atoms with Gasteiger partial charge in [-0.1, -0.05) is 32.0 Å². The molecule has 1 atom stereocenters. The maximum Gasteiger partial charge on any atom is 0.163 e. The van der Waals surface area contributed by atoms with E-state index >= 15 is 0 Å². The van der Waals surface area contributed by atoms with Crippen LogP contribution in [0.15, 0.2) is 29.2 Å². The summed E-state index contributed by atoms with van der Waals surface area (Å²) < 4.78 is 0. The summed E-state index contributed by atoms with van der Waals surface area (Å²) in [5, 5.41) is 8.96. The Bertz CT molecular complexity index is 350.